The van der Waals surface area contributed by atoms with Crippen molar-refractivity contribution in [2.24, 2.45) is 5.41 Å². The Morgan fingerprint density at radius 1 is 0.884 bits per heavy atom. The largest absolute Gasteiger partial charge is 0.493 e. The van der Waals surface area contributed by atoms with Crippen LogP contribution in [0.3, 0.4) is 0 Å². The molecule has 0 N–H and O–H groups in total. The van der Waals surface area contributed by atoms with Gasteiger partial charge in [0.15, 0.2) is 0 Å². The number of aromatic nitrogens is 2. The summed E-state index contributed by atoms with van der Waals surface area (Å²) in [5.41, 5.74) is 2.28. The number of carbonyl (C=O) groups excluding carboxylic acids is 2. The first-order valence-electron chi connectivity index (χ1n) is 14.8. The van der Waals surface area contributed by atoms with E-state index in [1.807, 2.05) is 72.2 Å². The summed E-state index contributed by atoms with van der Waals surface area (Å²) in [4.78, 5) is 48.8. The van der Waals surface area contributed by atoms with E-state index in [4.69, 9.17) is 4.74 Å². The van der Waals surface area contributed by atoms with Crippen LogP contribution >= 0.6 is 0 Å². The van der Waals surface area contributed by atoms with Crippen LogP contribution in [0.15, 0.2) is 83.9 Å². The number of para-hydroxylation sites is 1. The molecule has 0 fully saturated rings. The van der Waals surface area contributed by atoms with Crippen molar-refractivity contribution >= 4 is 34.1 Å². The fourth-order valence-corrected chi connectivity index (χ4v) is 5.68. The maximum Gasteiger partial charge on any atom is 0.251 e. The van der Waals surface area contributed by atoms with Crippen molar-refractivity contribution in [3.63, 3.8) is 0 Å². The highest BCUT2D eigenvalue weighted by molar-refractivity contribution is 6.20. The number of hydrogen-bond donors (Lipinski definition) is 0. The Morgan fingerprint density at radius 2 is 1.65 bits per heavy atom. The molecule has 0 atom stereocenters. The van der Waals surface area contributed by atoms with Gasteiger partial charge in [0, 0.05) is 64.3 Å². The van der Waals surface area contributed by atoms with Crippen molar-refractivity contribution in [2.75, 3.05) is 43.1 Å². The van der Waals surface area contributed by atoms with Crippen molar-refractivity contribution in [2.45, 2.75) is 40.3 Å². The topological polar surface area (TPSA) is 88.0 Å². The van der Waals surface area contributed by atoms with Gasteiger partial charge in [-0.1, -0.05) is 18.2 Å². The summed E-state index contributed by atoms with van der Waals surface area (Å²) < 4.78 is 7.99. The highest BCUT2D eigenvalue weighted by Crippen LogP contribution is 2.40. The number of carbonyl (C=O) groups is 2. The minimum Gasteiger partial charge on any atom is -0.493 e. The number of ether oxygens (including phenoxy) is 1. The second-order valence-electron chi connectivity index (χ2n) is 11.4. The molecule has 0 radical (unpaired) electrons. The van der Waals surface area contributed by atoms with Crippen LogP contribution in [-0.2, 0) is 22.7 Å². The van der Waals surface area contributed by atoms with E-state index in [1.54, 1.807) is 49.2 Å². The standard InChI is InChI=1S/C34H39N5O4/c1-5-38-29-13-12-27(23-30(29)36(4)32(41)34(2,3)33(38)42)43-22-8-19-37(24-25-15-17-35-18-16-25)20-21-39-28-10-7-6-9-26(28)11-14-31(39)40/h6-7,9-18,23H,5,8,19-22,24H2,1-4H3. The van der Waals surface area contributed by atoms with Crippen LogP contribution in [0.5, 0.6) is 5.75 Å². The Balaban J connectivity index is 1.27. The maximum atomic E-state index is 13.2. The number of rotatable bonds is 11. The third-order valence-electron chi connectivity index (χ3n) is 8.12. The number of benzene rings is 2. The van der Waals surface area contributed by atoms with E-state index in [1.165, 1.54) is 0 Å². The molecular formula is C34H39N5O4. The highest BCUT2D eigenvalue weighted by Gasteiger charge is 2.45. The first kappa shape index (κ1) is 30.0. The molecule has 2 amide bonds. The Labute approximate surface area is 252 Å². The van der Waals surface area contributed by atoms with E-state index >= 15 is 0 Å². The Hall–Kier alpha value is -4.50. The fraction of sp³-hybridized carbons (Fsp3) is 0.353. The number of hydrogen-bond acceptors (Lipinski definition) is 6. The van der Waals surface area contributed by atoms with Gasteiger partial charge in [-0.3, -0.25) is 24.3 Å². The molecule has 0 aliphatic carbocycles. The monoisotopic (exact) mass is 581 g/mol. The lowest BCUT2D eigenvalue weighted by molar-refractivity contribution is -0.137. The Kier molecular flexibility index (Phi) is 8.92. The van der Waals surface area contributed by atoms with Crippen molar-refractivity contribution < 1.29 is 14.3 Å². The van der Waals surface area contributed by atoms with E-state index in [0.717, 1.165) is 36.0 Å². The number of amides is 2. The molecule has 4 aromatic rings. The lowest BCUT2D eigenvalue weighted by Gasteiger charge is -2.27. The molecule has 3 heterocycles. The first-order chi connectivity index (χ1) is 20.7. The molecule has 0 saturated carbocycles. The minimum absolute atomic E-state index is 0.00993. The second-order valence-corrected chi connectivity index (χ2v) is 11.4. The van der Waals surface area contributed by atoms with Gasteiger partial charge in [0.1, 0.15) is 11.2 Å². The lowest BCUT2D eigenvalue weighted by Crippen LogP contribution is -2.47. The summed E-state index contributed by atoms with van der Waals surface area (Å²) >= 11 is 0. The third-order valence-corrected chi connectivity index (χ3v) is 8.12. The van der Waals surface area contributed by atoms with E-state index in [0.29, 0.717) is 43.4 Å². The predicted molar refractivity (Wildman–Crippen MR) is 169 cm³/mol. The average molecular weight is 582 g/mol. The van der Waals surface area contributed by atoms with Crippen LogP contribution in [0.25, 0.3) is 10.9 Å². The number of pyridine rings is 2. The van der Waals surface area contributed by atoms with Crippen LogP contribution in [-0.4, -0.2) is 59.6 Å². The number of fused-ring (bicyclic) bond motifs is 2. The van der Waals surface area contributed by atoms with Gasteiger partial charge in [-0.15, -0.1) is 0 Å². The maximum absolute atomic E-state index is 13.2. The van der Waals surface area contributed by atoms with Crippen LogP contribution in [0.1, 0.15) is 32.8 Å². The van der Waals surface area contributed by atoms with Crippen LogP contribution < -0.4 is 20.1 Å². The molecule has 224 valence electrons. The Bertz CT molecular complexity index is 1670. The SMILES string of the molecule is CCN1C(=O)C(C)(C)C(=O)N(C)c2cc(OCCCN(CCn3c(=O)ccc4ccccc43)Cc3ccncc3)ccc21. The van der Waals surface area contributed by atoms with Gasteiger partial charge >= 0.3 is 0 Å². The smallest absolute Gasteiger partial charge is 0.251 e. The number of nitrogens with zero attached hydrogens (tertiary/aromatic N) is 5. The zero-order chi connectivity index (χ0) is 30.6. The molecule has 5 rings (SSSR count). The summed E-state index contributed by atoms with van der Waals surface area (Å²) in [6, 6.07) is 21.0. The average Bonchev–Trinajstić information content (AvgIpc) is 3.07. The van der Waals surface area contributed by atoms with E-state index in [2.05, 4.69) is 9.88 Å². The third kappa shape index (κ3) is 6.32. The van der Waals surface area contributed by atoms with Crippen LogP contribution in [0.4, 0.5) is 11.4 Å². The molecule has 2 aromatic heterocycles. The van der Waals surface area contributed by atoms with Crippen LogP contribution in [0, 0.1) is 5.41 Å². The molecule has 2 aromatic carbocycles. The molecule has 0 unspecified atom stereocenters. The summed E-state index contributed by atoms with van der Waals surface area (Å²) in [6.07, 6.45) is 4.34. The van der Waals surface area contributed by atoms with Crippen molar-refractivity contribution in [3.05, 3.63) is 95.0 Å². The zero-order valence-electron chi connectivity index (χ0n) is 25.3. The second kappa shape index (κ2) is 12.8. The normalized spacial score (nSPS) is 14.7. The molecule has 0 saturated heterocycles. The molecule has 1 aliphatic heterocycles. The van der Waals surface area contributed by atoms with E-state index in [9.17, 15) is 14.4 Å². The summed E-state index contributed by atoms with van der Waals surface area (Å²) in [6.45, 7) is 8.95. The van der Waals surface area contributed by atoms with Gasteiger partial charge < -0.3 is 19.1 Å². The summed E-state index contributed by atoms with van der Waals surface area (Å²) in [5, 5.41) is 1.04. The van der Waals surface area contributed by atoms with Gasteiger partial charge in [-0.2, -0.15) is 0 Å². The Morgan fingerprint density at radius 3 is 2.42 bits per heavy atom. The summed E-state index contributed by atoms with van der Waals surface area (Å²) in [5.74, 6) is 0.188. The van der Waals surface area contributed by atoms with Gasteiger partial charge in [-0.05, 0) is 74.5 Å². The van der Waals surface area contributed by atoms with Crippen molar-refractivity contribution in [1.82, 2.24) is 14.5 Å². The van der Waals surface area contributed by atoms with Crippen molar-refractivity contribution in [1.29, 1.82) is 0 Å². The molecule has 9 nitrogen and oxygen atoms in total. The zero-order valence-corrected chi connectivity index (χ0v) is 25.3. The van der Waals surface area contributed by atoms with Crippen LogP contribution in [0.2, 0.25) is 0 Å². The van der Waals surface area contributed by atoms with Crippen molar-refractivity contribution in [3.8, 4) is 5.75 Å². The van der Waals surface area contributed by atoms with Gasteiger partial charge in [0.25, 0.3) is 5.56 Å². The lowest BCUT2D eigenvalue weighted by atomic mass is 9.90. The van der Waals surface area contributed by atoms with E-state index < -0.39 is 5.41 Å². The summed E-state index contributed by atoms with van der Waals surface area (Å²) in [7, 11) is 1.71. The molecule has 1 aliphatic rings. The van der Waals surface area contributed by atoms with E-state index in [-0.39, 0.29) is 17.4 Å². The van der Waals surface area contributed by atoms with Gasteiger partial charge in [0.05, 0.1) is 23.5 Å². The minimum atomic E-state index is -1.15. The molecule has 43 heavy (non-hydrogen) atoms. The predicted octanol–water partition coefficient (Wildman–Crippen LogP) is 4.72. The first-order valence-corrected chi connectivity index (χ1v) is 14.8. The molecule has 0 spiro atoms. The highest BCUT2D eigenvalue weighted by atomic mass is 16.5. The van der Waals surface area contributed by atoms with Gasteiger partial charge in [-0.25, -0.2) is 0 Å². The number of anilines is 2. The molecular weight excluding hydrogens is 542 g/mol. The van der Waals surface area contributed by atoms with Gasteiger partial charge in [0.2, 0.25) is 11.8 Å². The fourth-order valence-electron chi connectivity index (χ4n) is 5.68. The quantitative estimate of drug-likeness (QED) is 0.188. The molecule has 0 bridgehead atoms. The molecule has 9 heteroatoms.